The van der Waals surface area contributed by atoms with Crippen molar-refractivity contribution in [2.24, 2.45) is 4.99 Å². The summed E-state index contributed by atoms with van der Waals surface area (Å²) in [7, 11) is 1.89. The van der Waals surface area contributed by atoms with Crippen LogP contribution in [0.2, 0.25) is 0 Å². The van der Waals surface area contributed by atoms with Gasteiger partial charge < -0.3 is 20.4 Å². The highest BCUT2D eigenvalue weighted by molar-refractivity contribution is 14.0. The van der Waals surface area contributed by atoms with Crippen molar-refractivity contribution in [1.82, 2.24) is 20.4 Å². The predicted octanol–water partition coefficient (Wildman–Crippen LogP) is 4.15. The van der Waals surface area contributed by atoms with Crippen molar-refractivity contribution in [2.75, 3.05) is 59.4 Å². The third-order valence-electron chi connectivity index (χ3n) is 6.78. The Hall–Kier alpha value is -0.380. The molecule has 1 saturated carbocycles. The quantitative estimate of drug-likeness (QED) is 0.211. The van der Waals surface area contributed by atoms with E-state index < -0.39 is 0 Å². The smallest absolute Gasteiger partial charge is 0.191 e. The van der Waals surface area contributed by atoms with Crippen LogP contribution in [-0.4, -0.2) is 75.2 Å². The average Bonchev–Trinajstić information content (AvgIpc) is 3.32. The van der Waals surface area contributed by atoms with E-state index in [1.165, 1.54) is 84.2 Å². The molecule has 0 bridgehead atoms. The van der Waals surface area contributed by atoms with Gasteiger partial charge in [0.15, 0.2) is 5.96 Å². The molecule has 7 heteroatoms. The van der Waals surface area contributed by atoms with Crippen LogP contribution in [0.15, 0.2) is 22.5 Å². The molecule has 0 amide bonds. The number of unbranched alkanes of at least 4 members (excludes halogenated alkanes) is 1. The van der Waals surface area contributed by atoms with Crippen molar-refractivity contribution in [2.45, 2.75) is 57.3 Å². The van der Waals surface area contributed by atoms with E-state index in [1.807, 2.05) is 18.4 Å². The van der Waals surface area contributed by atoms with E-state index in [1.54, 1.807) is 4.88 Å². The lowest BCUT2D eigenvalue weighted by atomic mass is 9.73. The second-order valence-corrected chi connectivity index (χ2v) is 9.60. The van der Waals surface area contributed by atoms with Gasteiger partial charge in [-0.15, -0.1) is 35.3 Å². The number of piperazine rings is 1. The summed E-state index contributed by atoms with van der Waals surface area (Å²) in [5.74, 6) is 0.961. The van der Waals surface area contributed by atoms with Crippen molar-refractivity contribution in [3.8, 4) is 0 Å². The summed E-state index contributed by atoms with van der Waals surface area (Å²) in [6.45, 7) is 11.6. The highest BCUT2D eigenvalue weighted by Crippen LogP contribution is 2.41. The number of halogens is 1. The molecule has 1 aromatic heterocycles. The summed E-state index contributed by atoms with van der Waals surface area (Å²) in [6, 6.07) is 4.53. The van der Waals surface area contributed by atoms with Gasteiger partial charge in [0.05, 0.1) is 0 Å². The van der Waals surface area contributed by atoms with Crippen LogP contribution in [0.5, 0.6) is 0 Å². The number of likely N-dealkylation sites (N-methyl/N-ethyl adjacent to an activating group) is 1. The molecule has 1 aromatic rings. The van der Waals surface area contributed by atoms with Crippen LogP contribution in [0.25, 0.3) is 0 Å². The van der Waals surface area contributed by atoms with Crippen LogP contribution in [0, 0.1) is 0 Å². The van der Waals surface area contributed by atoms with Crippen molar-refractivity contribution in [3.63, 3.8) is 0 Å². The molecule has 1 saturated heterocycles. The molecule has 172 valence electrons. The Kier molecular flexibility index (Phi) is 12.0. The fraction of sp³-hybridized carbons (Fsp3) is 0.783. The van der Waals surface area contributed by atoms with Gasteiger partial charge in [0.2, 0.25) is 0 Å². The fourth-order valence-corrected chi connectivity index (χ4v) is 5.78. The maximum atomic E-state index is 4.47. The zero-order chi connectivity index (χ0) is 20.4. The van der Waals surface area contributed by atoms with Crippen molar-refractivity contribution >= 4 is 41.3 Å². The SMILES string of the molecule is CCN1CCN(CCCCNC(=NC)NCC2(c3cccs3)CCCCC2)CC1.I. The minimum Gasteiger partial charge on any atom is -0.356 e. The molecule has 2 N–H and O–H groups in total. The summed E-state index contributed by atoms with van der Waals surface area (Å²) < 4.78 is 0. The van der Waals surface area contributed by atoms with Crippen LogP contribution < -0.4 is 10.6 Å². The molecule has 0 spiro atoms. The number of nitrogens with one attached hydrogen (secondary N) is 2. The molecular formula is C23H42IN5S. The monoisotopic (exact) mass is 547 g/mol. The molecule has 2 heterocycles. The predicted molar refractivity (Wildman–Crippen MR) is 142 cm³/mol. The molecule has 1 aliphatic carbocycles. The first-order valence-corrected chi connectivity index (χ1v) is 12.6. The van der Waals surface area contributed by atoms with Gasteiger partial charge in [-0.1, -0.05) is 32.3 Å². The lowest BCUT2D eigenvalue weighted by Gasteiger charge is -2.37. The highest BCUT2D eigenvalue weighted by Gasteiger charge is 2.34. The number of hydrogen-bond donors (Lipinski definition) is 2. The number of hydrogen-bond acceptors (Lipinski definition) is 4. The summed E-state index contributed by atoms with van der Waals surface area (Å²) in [5.41, 5.74) is 0.296. The Morgan fingerprint density at radius 2 is 1.80 bits per heavy atom. The van der Waals surface area contributed by atoms with E-state index in [4.69, 9.17) is 0 Å². The van der Waals surface area contributed by atoms with E-state index in [0.29, 0.717) is 5.41 Å². The van der Waals surface area contributed by atoms with Crippen LogP contribution in [0.3, 0.4) is 0 Å². The van der Waals surface area contributed by atoms with Gasteiger partial charge in [-0.3, -0.25) is 4.99 Å². The normalized spacial score (nSPS) is 20.5. The third-order valence-corrected chi connectivity index (χ3v) is 7.89. The minimum atomic E-state index is 0. The molecule has 0 atom stereocenters. The number of aliphatic imine (C=N–C) groups is 1. The number of rotatable bonds is 9. The van der Waals surface area contributed by atoms with E-state index in [0.717, 1.165) is 19.0 Å². The van der Waals surface area contributed by atoms with Gasteiger partial charge in [-0.25, -0.2) is 0 Å². The lowest BCUT2D eigenvalue weighted by molar-refractivity contribution is 0.136. The van der Waals surface area contributed by atoms with Crippen molar-refractivity contribution in [3.05, 3.63) is 22.4 Å². The molecular weight excluding hydrogens is 505 g/mol. The molecule has 0 aromatic carbocycles. The van der Waals surface area contributed by atoms with Gasteiger partial charge in [-0.05, 0) is 50.2 Å². The maximum absolute atomic E-state index is 4.47. The van der Waals surface area contributed by atoms with Crippen LogP contribution in [-0.2, 0) is 5.41 Å². The van der Waals surface area contributed by atoms with E-state index in [2.05, 4.69) is 49.9 Å². The molecule has 30 heavy (non-hydrogen) atoms. The number of guanidine groups is 1. The standard InChI is InChI=1S/C23H41N5S.HI/c1-3-27-15-17-28(18-16-27)14-8-7-13-25-22(24-2)26-20-23(11-5-4-6-12-23)21-10-9-19-29-21;/h9-10,19H,3-8,11-18,20H2,1-2H3,(H2,24,25,26);1H. The van der Waals surface area contributed by atoms with E-state index >= 15 is 0 Å². The lowest BCUT2D eigenvalue weighted by Crippen LogP contribution is -2.47. The summed E-state index contributed by atoms with van der Waals surface area (Å²) in [4.78, 5) is 11.2. The van der Waals surface area contributed by atoms with Crippen LogP contribution in [0.1, 0.15) is 56.7 Å². The Morgan fingerprint density at radius 1 is 1.07 bits per heavy atom. The van der Waals surface area contributed by atoms with Gasteiger partial charge in [0.1, 0.15) is 0 Å². The van der Waals surface area contributed by atoms with E-state index in [9.17, 15) is 0 Å². The third kappa shape index (κ3) is 7.64. The van der Waals surface area contributed by atoms with Gasteiger partial charge in [0.25, 0.3) is 0 Å². The molecule has 2 aliphatic rings. The molecule has 1 aliphatic heterocycles. The number of thiophene rings is 1. The largest absolute Gasteiger partial charge is 0.356 e. The van der Waals surface area contributed by atoms with Crippen molar-refractivity contribution in [1.29, 1.82) is 0 Å². The first-order valence-electron chi connectivity index (χ1n) is 11.7. The van der Waals surface area contributed by atoms with Crippen molar-refractivity contribution < 1.29 is 0 Å². The Morgan fingerprint density at radius 3 is 2.43 bits per heavy atom. The van der Waals surface area contributed by atoms with Gasteiger partial charge in [0, 0.05) is 56.6 Å². The Bertz CT molecular complexity index is 593. The first-order chi connectivity index (χ1) is 14.3. The average molecular weight is 548 g/mol. The Labute approximate surface area is 205 Å². The summed E-state index contributed by atoms with van der Waals surface area (Å²) >= 11 is 1.92. The second-order valence-electron chi connectivity index (χ2n) is 8.65. The van der Waals surface area contributed by atoms with Gasteiger partial charge in [-0.2, -0.15) is 0 Å². The minimum absolute atomic E-state index is 0. The molecule has 2 fully saturated rings. The number of nitrogens with zero attached hydrogens (tertiary/aromatic N) is 3. The van der Waals surface area contributed by atoms with Crippen LogP contribution >= 0.6 is 35.3 Å². The summed E-state index contributed by atoms with van der Waals surface area (Å²) in [6.07, 6.45) is 9.12. The summed E-state index contributed by atoms with van der Waals surface area (Å²) in [5, 5.41) is 9.41. The molecule has 3 rings (SSSR count). The first kappa shape index (κ1) is 25.9. The second kappa shape index (κ2) is 13.9. The van der Waals surface area contributed by atoms with Gasteiger partial charge >= 0.3 is 0 Å². The molecule has 0 radical (unpaired) electrons. The molecule has 5 nitrogen and oxygen atoms in total. The zero-order valence-corrected chi connectivity index (χ0v) is 22.1. The van der Waals surface area contributed by atoms with Crippen LogP contribution in [0.4, 0.5) is 0 Å². The highest BCUT2D eigenvalue weighted by atomic mass is 127. The Balaban J connectivity index is 0.00000320. The molecule has 0 unspecified atom stereocenters. The fourth-order valence-electron chi connectivity index (χ4n) is 4.79. The topological polar surface area (TPSA) is 42.9 Å². The maximum Gasteiger partial charge on any atom is 0.191 e. The zero-order valence-electron chi connectivity index (χ0n) is 19.0. The van der Waals surface area contributed by atoms with E-state index in [-0.39, 0.29) is 24.0 Å².